The van der Waals surface area contributed by atoms with Crippen molar-refractivity contribution in [3.63, 3.8) is 0 Å². The molecule has 0 spiro atoms. The van der Waals surface area contributed by atoms with E-state index < -0.39 is 20.0 Å². The van der Waals surface area contributed by atoms with E-state index in [4.69, 9.17) is 13.8 Å². The van der Waals surface area contributed by atoms with Crippen LogP contribution in [-0.4, -0.2) is 74.3 Å². The van der Waals surface area contributed by atoms with Gasteiger partial charge in [-0.25, -0.2) is 4.57 Å². The minimum atomic E-state index is -4.44. The number of allylic oxidation sites excluding steroid dienone is 7. The number of hydrogen-bond donors (Lipinski definition) is 2. The van der Waals surface area contributed by atoms with E-state index in [9.17, 15) is 19.0 Å². The summed E-state index contributed by atoms with van der Waals surface area (Å²) in [6, 6.07) is -0.852. The monoisotopic (exact) mass is 950 g/mol. The van der Waals surface area contributed by atoms with Crippen LogP contribution in [0.3, 0.4) is 0 Å². The first-order chi connectivity index (χ1) is 31.9. The average molecular weight is 950 g/mol. The summed E-state index contributed by atoms with van der Waals surface area (Å²) < 4.78 is 30.5. The van der Waals surface area contributed by atoms with Crippen molar-refractivity contribution >= 4 is 19.7 Å². The summed E-state index contributed by atoms with van der Waals surface area (Å²) >= 11 is 0. The fraction of sp³-hybridized carbons (Fsp3) is 0.821. The number of carbonyl (C=O) groups excluding carboxylic acids is 2. The van der Waals surface area contributed by atoms with Gasteiger partial charge in [-0.05, 0) is 51.0 Å². The molecule has 0 saturated carbocycles. The zero-order chi connectivity index (χ0) is 48.7. The third kappa shape index (κ3) is 47.1. The van der Waals surface area contributed by atoms with Crippen LogP contribution in [0.4, 0.5) is 0 Å². The summed E-state index contributed by atoms with van der Waals surface area (Å²) in [6.45, 7) is 6.87. The van der Waals surface area contributed by atoms with Crippen molar-refractivity contribution < 1.29 is 37.3 Å². The maximum Gasteiger partial charge on any atom is 0.472 e. The number of amides is 1. The molecule has 0 aliphatic heterocycles. The summed E-state index contributed by atoms with van der Waals surface area (Å²) in [7, 11) is 1.49. The molecule has 0 aromatic carbocycles. The predicted molar refractivity (Wildman–Crippen MR) is 282 cm³/mol. The fourth-order valence-corrected chi connectivity index (χ4v) is 8.56. The van der Waals surface area contributed by atoms with Crippen molar-refractivity contribution in [3.8, 4) is 0 Å². The number of nitrogens with one attached hydrogen (secondary N) is 1. The van der Waals surface area contributed by atoms with Gasteiger partial charge in [0.1, 0.15) is 19.3 Å². The van der Waals surface area contributed by atoms with E-state index in [0.29, 0.717) is 17.4 Å². The Morgan fingerprint density at radius 3 is 1.44 bits per heavy atom. The van der Waals surface area contributed by atoms with E-state index in [1.165, 1.54) is 128 Å². The first kappa shape index (κ1) is 64.0. The molecule has 0 radical (unpaired) electrons. The quantitative estimate of drug-likeness (QED) is 0.0156. The molecule has 10 heteroatoms. The maximum atomic E-state index is 13.5. The second-order valence-electron chi connectivity index (χ2n) is 19.8. The Balaban J connectivity index is 5.40. The van der Waals surface area contributed by atoms with Gasteiger partial charge in [0.25, 0.3) is 0 Å². The van der Waals surface area contributed by atoms with E-state index in [1.807, 2.05) is 33.3 Å². The van der Waals surface area contributed by atoms with Gasteiger partial charge in [0, 0.05) is 12.8 Å². The lowest BCUT2D eigenvalue weighted by atomic mass is 10.0. The van der Waals surface area contributed by atoms with Gasteiger partial charge in [-0.1, -0.05) is 230 Å². The third-order valence-electron chi connectivity index (χ3n) is 12.1. The summed E-state index contributed by atoms with van der Waals surface area (Å²) in [6.07, 6.45) is 55.3. The van der Waals surface area contributed by atoms with Crippen LogP contribution in [0.2, 0.25) is 0 Å². The predicted octanol–water partition coefficient (Wildman–Crippen LogP) is 16.2. The largest absolute Gasteiger partial charge is 0.472 e. The summed E-state index contributed by atoms with van der Waals surface area (Å²) in [5, 5.41) is 3.04. The van der Waals surface area contributed by atoms with Crippen molar-refractivity contribution in [3.05, 3.63) is 48.6 Å². The van der Waals surface area contributed by atoms with Crippen molar-refractivity contribution in [2.75, 3.05) is 40.9 Å². The number of hydrogen-bond acceptors (Lipinski definition) is 6. The molecular weight excluding hydrogens is 844 g/mol. The highest BCUT2D eigenvalue weighted by Crippen LogP contribution is 2.43. The van der Waals surface area contributed by atoms with Crippen molar-refractivity contribution in [1.29, 1.82) is 0 Å². The molecule has 0 bridgehead atoms. The van der Waals surface area contributed by atoms with Crippen LogP contribution in [-0.2, 0) is 27.9 Å². The lowest BCUT2D eigenvalue weighted by Crippen LogP contribution is -2.47. The lowest BCUT2D eigenvalue weighted by molar-refractivity contribution is -0.870. The number of carbonyl (C=O) groups is 2. The smallest absolute Gasteiger partial charge is 0.456 e. The standard InChI is InChI=1S/C56H105N2O7P/c1-7-10-13-16-19-22-25-28-29-31-33-36-39-42-45-48-55(59)57-53(52-64-66(61,62)63-51-50-58(4,5)6)54(47-44-41-38-35-32-27-24-21-18-15-12-9-3)65-56(60)49-46-43-40-37-34-30-26-23-20-17-14-11-8-2/h11,14,17,20,23,26,44,47,53-54H,7-10,12-13,15-16,18-19,21-22,24-25,27-43,45-46,48-52H2,1-6H3,(H-,57,59,61,62)/p+1/b14-11+,20-17+,26-23-,47-44+. The van der Waals surface area contributed by atoms with Gasteiger partial charge in [-0.3, -0.25) is 18.6 Å². The maximum absolute atomic E-state index is 13.5. The molecular formula is C56H106N2O7P+. The van der Waals surface area contributed by atoms with Crippen molar-refractivity contribution in [2.24, 2.45) is 0 Å². The molecule has 3 atom stereocenters. The van der Waals surface area contributed by atoms with E-state index in [2.05, 4.69) is 62.5 Å². The molecule has 0 rings (SSSR count). The fourth-order valence-electron chi connectivity index (χ4n) is 7.82. The number of phosphoric ester groups is 1. The molecule has 0 aromatic heterocycles. The van der Waals surface area contributed by atoms with Gasteiger partial charge in [0.05, 0.1) is 33.8 Å². The molecule has 0 fully saturated rings. The van der Waals surface area contributed by atoms with Gasteiger partial charge in [-0.2, -0.15) is 0 Å². The first-order valence-corrected chi connectivity index (χ1v) is 29.0. The summed E-state index contributed by atoms with van der Waals surface area (Å²) in [4.78, 5) is 37.5. The van der Waals surface area contributed by atoms with Gasteiger partial charge in [-0.15, -0.1) is 0 Å². The van der Waals surface area contributed by atoms with Crippen LogP contribution in [0.1, 0.15) is 245 Å². The first-order valence-electron chi connectivity index (χ1n) is 27.5. The molecule has 2 N–H and O–H groups in total. The zero-order valence-electron chi connectivity index (χ0n) is 43.9. The number of nitrogens with zero attached hydrogens (tertiary/aromatic N) is 1. The molecule has 0 aromatic rings. The number of ether oxygens (including phenoxy) is 1. The SMILES string of the molecule is CC/C=C/C=C/C=C\CCCCCCCC(=O)OC(/C=C/CCCCCCCCCCCC)C(COP(=O)(O)OCC[N+](C)(C)C)NC(=O)CCCCCCCCCCCCCCCCC. The Kier molecular flexibility index (Phi) is 45.3. The normalized spacial score (nSPS) is 14.2. The van der Waals surface area contributed by atoms with Gasteiger partial charge in [0.15, 0.2) is 0 Å². The van der Waals surface area contributed by atoms with Gasteiger partial charge in [0.2, 0.25) is 5.91 Å². The molecule has 9 nitrogen and oxygen atoms in total. The van der Waals surface area contributed by atoms with E-state index in [-0.39, 0.29) is 31.5 Å². The highest BCUT2D eigenvalue weighted by molar-refractivity contribution is 7.47. The Labute approximate surface area is 408 Å². The lowest BCUT2D eigenvalue weighted by Gasteiger charge is -2.27. The van der Waals surface area contributed by atoms with Gasteiger partial charge < -0.3 is 19.4 Å². The van der Waals surface area contributed by atoms with Crippen molar-refractivity contribution in [1.82, 2.24) is 5.32 Å². The van der Waals surface area contributed by atoms with E-state index in [1.54, 1.807) is 0 Å². The Bertz CT molecular complexity index is 1280. The van der Waals surface area contributed by atoms with Crippen LogP contribution in [0, 0.1) is 0 Å². The van der Waals surface area contributed by atoms with Crippen LogP contribution < -0.4 is 5.32 Å². The molecule has 0 saturated heterocycles. The van der Waals surface area contributed by atoms with Crippen LogP contribution in [0.5, 0.6) is 0 Å². The van der Waals surface area contributed by atoms with E-state index in [0.717, 1.165) is 83.5 Å². The third-order valence-corrected chi connectivity index (χ3v) is 13.1. The second kappa shape index (κ2) is 46.7. The van der Waals surface area contributed by atoms with E-state index >= 15 is 0 Å². The highest BCUT2D eigenvalue weighted by atomic mass is 31.2. The molecule has 66 heavy (non-hydrogen) atoms. The molecule has 3 unspecified atom stereocenters. The molecule has 386 valence electrons. The van der Waals surface area contributed by atoms with Crippen LogP contribution in [0.25, 0.3) is 0 Å². The van der Waals surface area contributed by atoms with Crippen LogP contribution >= 0.6 is 7.82 Å². The molecule has 1 amide bonds. The Morgan fingerprint density at radius 1 is 0.545 bits per heavy atom. The van der Waals surface area contributed by atoms with Gasteiger partial charge >= 0.3 is 13.8 Å². The van der Waals surface area contributed by atoms with Crippen molar-refractivity contribution in [2.45, 2.75) is 258 Å². The molecule has 0 aliphatic rings. The topological polar surface area (TPSA) is 111 Å². The summed E-state index contributed by atoms with van der Waals surface area (Å²) in [5.41, 5.74) is 0. The number of likely N-dealkylation sites (N-methyl/N-ethyl adjacent to an activating group) is 1. The Morgan fingerprint density at radius 2 is 0.970 bits per heavy atom. The number of rotatable bonds is 49. The highest BCUT2D eigenvalue weighted by Gasteiger charge is 2.30. The summed E-state index contributed by atoms with van der Waals surface area (Å²) in [5.74, 6) is -0.524. The molecule has 0 heterocycles. The number of esters is 1. The molecule has 0 aliphatic carbocycles. The average Bonchev–Trinajstić information content (AvgIpc) is 3.27. The number of unbranched alkanes of at least 4 members (excludes halogenated alkanes) is 29. The zero-order valence-corrected chi connectivity index (χ0v) is 44.8. The van der Waals surface area contributed by atoms with Crippen LogP contribution in [0.15, 0.2) is 48.6 Å². The number of quaternary nitrogens is 1. The minimum Gasteiger partial charge on any atom is -0.456 e. The Hall–Kier alpha value is -2.03. The number of phosphoric acid groups is 1. The minimum absolute atomic E-state index is 0.0374. The second-order valence-corrected chi connectivity index (χ2v) is 21.2.